The Morgan fingerprint density at radius 3 is 1.59 bits per heavy atom. The number of benzene rings is 2. The fraction of sp³-hybridized carbons (Fsp3) is 0.333. The van der Waals surface area contributed by atoms with Crippen LogP contribution in [0.25, 0.3) is 0 Å². The molecule has 2 rings (SSSR count). The van der Waals surface area contributed by atoms with Crippen molar-refractivity contribution >= 4 is 35.1 Å². The SMILES string of the molecule is CC(=O)Nc1ccc(OC(=O)C(C)CC(C)(C)C(=O)Oc2ccc(NC(C)=O)cc2)cc1. The number of amides is 2. The highest BCUT2D eigenvalue weighted by molar-refractivity contribution is 5.89. The summed E-state index contributed by atoms with van der Waals surface area (Å²) >= 11 is 0. The summed E-state index contributed by atoms with van der Waals surface area (Å²) in [5.74, 6) is -1.22. The molecule has 0 fully saturated rings. The normalized spacial score (nSPS) is 11.8. The number of hydrogen-bond acceptors (Lipinski definition) is 6. The number of ether oxygens (including phenoxy) is 2. The number of carbonyl (C=O) groups excluding carboxylic acids is 4. The largest absolute Gasteiger partial charge is 0.426 e. The smallest absolute Gasteiger partial charge is 0.316 e. The minimum atomic E-state index is -0.940. The molecule has 0 saturated heterocycles. The summed E-state index contributed by atoms with van der Waals surface area (Å²) in [5, 5.41) is 5.27. The van der Waals surface area contributed by atoms with Crippen molar-refractivity contribution in [1.82, 2.24) is 0 Å². The van der Waals surface area contributed by atoms with Crippen molar-refractivity contribution in [2.45, 2.75) is 41.0 Å². The monoisotopic (exact) mass is 440 g/mol. The van der Waals surface area contributed by atoms with Crippen LogP contribution in [0.5, 0.6) is 11.5 Å². The first-order valence-corrected chi connectivity index (χ1v) is 10.2. The van der Waals surface area contributed by atoms with E-state index in [1.165, 1.54) is 13.8 Å². The second-order valence-electron chi connectivity index (χ2n) is 8.21. The van der Waals surface area contributed by atoms with Gasteiger partial charge in [0.25, 0.3) is 0 Å². The van der Waals surface area contributed by atoms with E-state index in [0.29, 0.717) is 22.9 Å². The van der Waals surface area contributed by atoms with Crippen molar-refractivity contribution in [2.75, 3.05) is 10.6 Å². The number of hydrogen-bond donors (Lipinski definition) is 2. The van der Waals surface area contributed by atoms with E-state index in [1.54, 1.807) is 69.3 Å². The zero-order valence-electron chi connectivity index (χ0n) is 18.9. The van der Waals surface area contributed by atoms with Crippen LogP contribution >= 0.6 is 0 Å². The summed E-state index contributed by atoms with van der Waals surface area (Å²) < 4.78 is 10.8. The Morgan fingerprint density at radius 2 is 1.19 bits per heavy atom. The molecule has 0 aliphatic carbocycles. The molecule has 170 valence electrons. The van der Waals surface area contributed by atoms with Crippen LogP contribution in [0.4, 0.5) is 11.4 Å². The lowest BCUT2D eigenvalue weighted by molar-refractivity contribution is -0.147. The fourth-order valence-electron chi connectivity index (χ4n) is 3.01. The molecule has 2 N–H and O–H groups in total. The van der Waals surface area contributed by atoms with Gasteiger partial charge in [-0.2, -0.15) is 0 Å². The van der Waals surface area contributed by atoms with E-state index in [0.717, 1.165) is 0 Å². The molecule has 2 aromatic carbocycles. The number of esters is 2. The second-order valence-corrected chi connectivity index (χ2v) is 8.21. The highest BCUT2D eigenvalue weighted by atomic mass is 16.5. The third kappa shape index (κ3) is 7.54. The lowest BCUT2D eigenvalue weighted by Gasteiger charge is -2.25. The highest BCUT2D eigenvalue weighted by Gasteiger charge is 2.34. The van der Waals surface area contributed by atoms with Crippen LogP contribution in [0, 0.1) is 11.3 Å². The van der Waals surface area contributed by atoms with Gasteiger partial charge in [0, 0.05) is 25.2 Å². The number of rotatable bonds is 8. The Balaban J connectivity index is 1.92. The van der Waals surface area contributed by atoms with Crippen LogP contribution in [0.2, 0.25) is 0 Å². The van der Waals surface area contributed by atoms with E-state index in [4.69, 9.17) is 9.47 Å². The van der Waals surface area contributed by atoms with Crippen LogP contribution in [-0.2, 0) is 19.2 Å². The lowest BCUT2D eigenvalue weighted by atomic mass is 9.83. The summed E-state index contributed by atoms with van der Waals surface area (Å²) in [6, 6.07) is 12.9. The summed E-state index contributed by atoms with van der Waals surface area (Å²) in [5.41, 5.74) is 0.252. The van der Waals surface area contributed by atoms with Gasteiger partial charge in [0.15, 0.2) is 0 Å². The first-order valence-electron chi connectivity index (χ1n) is 10.2. The van der Waals surface area contributed by atoms with Crippen molar-refractivity contribution in [3.05, 3.63) is 48.5 Å². The zero-order chi connectivity index (χ0) is 23.9. The van der Waals surface area contributed by atoms with Crippen molar-refractivity contribution in [3.63, 3.8) is 0 Å². The minimum absolute atomic E-state index is 0.193. The second kappa shape index (κ2) is 10.6. The molecule has 2 aromatic rings. The van der Waals surface area contributed by atoms with Gasteiger partial charge in [-0.25, -0.2) is 0 Å². The van der Waals surface area contributed by atoms with E-state index >= 15 is 0 Å². The average molecular weight is 440 g/mol. The van der Waals surface area contributed by atoms with Gasteiger partial charge in [-0.1, -0.05) is 6.92 Å². The zero-order valence-corrected chi connectivity index (χ0v) is 18.9. The molecule has 2 amide bonds. The summed E-state index contributed by atoms with van der Waals surface area (Å²) in [6.07, 6.45) is 0.221. The molecule has 0 aromatic heterocycles. The van der Waals surface area contributed by atoms with Crippen molar-refractivity contribution in [1.29, 1.82) is 0 Å². The molecular weight excluding hydrogens is 412 g/mol. The van der Waals surface area contributed by atoms with E-state index in [-0.39, 0.29) is 18.2 Å². The summed E-state index contributed by atoms with van der Waals surface area (Å²) in [6.45, 7) is 7.90. The molecule has 0 aliphatic heterocycles. The van der Waals surface area contributed by atoms with Gasteiger partial charge in [0.2, 0.25) is 11.8 Å². The van der Waals surface area contributed by atoms with Gasteiger partial charge in [0.1, 0.15) is 11.5 Å². The van der Waals surface area contributed by atoms with Gasteiger partial charge in [-0.05, 0) is 68.8 Å². The van der Waals surface area contributed by atoms with E-state index in [9.17, 15) is 19.2 Å². The van der Waals surface area contributed by atoms with E-state index < -0.39 is 23.3 Å². The Labute approximate surface area is 187 Å². The third-order valence-corrected chi connectivity index (χ3v) is 4.55. The van der Waals surface area contributed by atoms with Crippen molar-refractivity contribution in [3.8, 4) is 11.5 Å². The Kier molecular flexibility index (Phi) is 8.12. The third-order valence-electron chi connectivity index (χ3n) is 4.55. The molecule has 8 nitrogen and oxygen atoms in total. The minimum Gasteiger partial charge on any atom is -0.426 e. The maximum Gasteiger partial charge on any atom is 0.316 e. The fourth-order valence-corrected chi connectivity index (χ4v) is 3.01. The standard InChI is InChI=1S/C24H28N2O6/c1-15(22(29)31-20-10-6-18(7-11-20)25-16(2)27)14-24(4,5)23(30)32-21-12-8-19(9-13-21)26-17(3)28/h6-13,15H,14H2,1-5H3,(H,25,27)(H,26,28). The maximum absolute atomic E-state index is 12.7. The number of carbonyl (C=O) groups is 4. The van der Waals surface area contributed by atoms with Gasteiger partial charge in [0.05, 0.1) is 11.3 Å². The molecule has 0 aliphatic rings. The van der Waals surface area contributed by atoms with Gasteiger partial charge in [-0.15, -0.1) is 0 Å². The molecule has 1 atom stereocenters. The molecule has 32 heavy (non-hydrogen) atoms. The summed E-state index contributed by atoms with van der Waals surface area (Å²) in [7, 11) is 0. The van der Waals surface area contributed by atoms with Gasteiger partial charge in [-0.3, -0.25) is 19.2 Å². The first-order chi connectivity index (χ1) is 15.0. The molecule has 8 heteroatoms. The average Bonchev–Trinajstić information content (AvgIpc) is 2.69. The van der Waals surface area contributed by atoms with Crippen LogP contribution in [0.1, 0.15) is 41.0 Å². The summed E-state index contributed by atoms with van der Waals surface area (Å²) in [4.78, 5) is 47.3. The molecule has 0 radical (unpaired) electrons. The number of nitrogens with one attached hydrogen (secondary N) is 2. The van der Waals surface area contributed by atoms with Crippen LogP contribution in [-0.4, -0.2) is 23.8 Å². The van der Waals surface area contributed by atoms with Gasteiger partial charge >= 0.3 is 11.9 Å². The van der Waals surface area contributed by atoms with Crippen LogP contribution in [0.3, 0.4) is 0 Å². The first kappa shape index (κ1) is 24.6. The maximum atomic E-state index is 12.7. The van der Waals surface area contributed by atoms with Crippen LogP contribution < -0.4 is 20.1 Å². The molecule has 0 saturated carbocycles. The quantitative estimate of drug-likeness (QED) is 0.471. The van der Waals surface area contributed by atoms with Crippen molar-refractivity contribution < 1.29 is 28.7 Å². The topological polar surface area (TPSA) is 111 Å². The molecule has 0 spiro atoms. The predicted octanol–water partition coefficient (Wildman–Crippen LogP) is 4.17. The van der Waals surface area contributed by atoms with E-state index in [2.05, 4.69) is 10.6 Å². The Morgan fingerprint density at radius 1 is 0.781 bits per heavy atom. The highest BCUT2D eigenvalue weighted by Crippen LogP contribution is 2.29. The Bertz CT molecular complexity index is 981. The van der Waals surface area contributed by atoms with Gasteiger partial charge < -0.3 is 20.1 Å². The number of anilines is 2. The van der Waals surface area contributed by atoms with Crippen LogP contribution in [0.15, 0.2) is 48.5 Å². The van der Waals surface area contributed by atoms with Crippen molar-refractivity contribution in [2.24, 2.45) is 11.3 Å². The Hall–Kier alpha value is -3.68. The molecule has 0 heterocycles. The molecule has 0 bridgehead atoms. The predicted molar refractivity (Wildman–Crippen MR) is 120 cm³/mol. The van der Waals surface area contributed by atoms with E-state index in [1.807, 2.05) is 0 Å². The lowest BCUT2D eigenvalue weighted by Crippen LogP contribution is -2.33. The molecular formula is C24H28N2O6. The molecule has 1 unspecified atom stereocenters.